The van der Waals surface area contributed by atoms with Crippen LogP contribution in [0.4, 0.5) is 0 Å². The minimum Gasteiger partial charge on any atom is -0.481 e. The van der Waals surface area contributed by atoms with Gasteiger partial charge in [-0.15, -0.1) is 0 Å². The van der Waals surface area contributed by atoms with Crippen LogP contribution >= 0.6 is 0 Å². The van der Waals surface area contributed by atoms with Crippen LogP contribution in [0.25, 0.3) is 0 Å². The Morgan fingerprint density at radius 1 is 1.42 bits per heavy atom. The lowest BCUT2D eigenvalue weighted by molar-refractivity contribution is -0.141. The van der Waals surface area contributed by atoms with Crippen LogP contribution in [0.15, 0.2) is 30.3 Å². The number of rotatable bonds is 5. The summed E-state index contributed by atoms with van der Waals surface area (Å²) in [5.41, 5.74) is 0.274. The van der Waals surface area contributed by atoms with Crippen molar-refractivity contribution in [1.29, 1.82) is 0 Å². The van der Waals surface area contributed by atoms with E-state index in [1.165, 1.54) is 0 Å². The zero-order chi connectivity index (χ0) is 13.9. The first-order valence-corrected chi connectivity index (χ1v) is 6.68. The third-order valence-electron chi connectivity index (χ3n) is 3.61. The molecule has 2 rings (SSSR count). The van der Waals surface area contributed by atoms with Crippen molar-refractivity contribution in [3.05, 3.63) is 35.9 Å². The highest BCUT2D eigenvalue weighted by molar-refractivity contribution is 5.70. The lowest BCUT2D eigenvalue weighted by atomic mass is 9.96. The molecule has 2 unspecified atom stereocenters. The van der Waals surface area contributed by atoms with E-state index in [9.17, 15) is 9.90 Å². The van der Waals surface area contributed by atoms with Gasteiger partial charge in [-0.2, -0.15) is 0 Å². The number of benzene rings is 1. The van der Waals surface area contributed by atoms with Crippen LogP contribution in [-0.4, -0.2) is 46.3 Å². The molecule has 0 amide bonds. The standard InChI is InChI=1S/C15H21NO3/c1-15(19,9-12-5-3-2-4-6-12)11-16-8-7-13(10-16)14(17)18/h2-6,13,19H,7-11H2,1H3,(H,17,18). The molecule has 1 fully saturated rings. The molecule has 1 aromatic rings. The molecule has 2 N–H and O–H groups in total. The summed E-state index contributed by atoms with van der Waals surface area (Å²) in [4.78, 5) is 13.0. The third-order valence-corrected chi connectivity index (χ3v) is 3.61. The molecule has 0 aromatic heterocycles. The minimum atomic E-state index is -0.825. The van der Waals surface area contributed by atoms with Gasteiger partial charge in [0.2, 0.25) is 0 Å². The van der Waals surface area contributed by atoms with E-state index in [1.807, 2.05) is 42.2 Å². The highest BCUT2D eigenvalue weighted by atomic mass is 16.4. The molecule has 0 bridgehead atoms. The average Bonchev–Trinajstić information content (AvgIpc) is 2.77. The van der Waals surface area contributed by atoms with E-state index in [-0.39, 0.29) is 5.92 Å². The van der Waals surface area contributed by atoms with Crippen molar-refractivity contribution >= 4 is 5.97 Å². The Bertz CT molecular complexity index is 430. The fourth-order valence-corrected chi connectivity index (χ4v) is 2.75. The lowest BCUT2D eigenvalue weighted by Crippen LogP contribution is -2.41. The maximum atomic E-state index is 10.9. The summed E-state index contributed by atoms with van der Waals surface area (Å²) in [6, 6.07) is 9.87. The molecule has 4 nitrogen and oxygen atoms in total. The summed E-state index contributed by atoms with van der Waals surface area (Å²) in [5.74, 6) is -1.02. The van der Waals surface area contributed by atoms with Crippen molar-refractivity contribution in [1.82, 2.24) is 4.90 Å². The monoisotopic (exact) mass is 263 g/mol. The van der Waals surface area contributed by atoms with Crippen molar-refractivity contribution in [3.8, 4) is 0 Å². The van der Waals surface area contributed by atoms with Crippen LogP contribution in [-0.2, 0) is 11.2 Å². The third kappa shape index (κ3) is 4.04. The van der Waals surface area contributed by atoms with Gasteiger partial charge in [0.25, 0.3) is 0 Å². The Labute approximate surface area is 113 Å². The lowest BCUT2D eigenvalue weighted by Gasteiger charge is -2.29. The normalized spacial score (nSPS) is 23.2. The highest BCUT2D eigenvalue weighted by Crippen LogP contribution is 2.21. The number of aliphatic hydroxyl groups is 1. The molecule has 19 heavy (non-hydrogen) atoms. The van der Waals surface area contributed by atoms with Gasteiger partial charge in [-0.3, -0.25) is 9.69 Å². The van der Waals surface area contributed by atoms with Gasteiger partial charge in [-0.25, -0.2) is 0 Å². The van der Waals surface area contributed by atoms with Gasteiger partial charge in [-0.05, 0) is 25.5 Å². The first-order valence-electron chi connectivity index (χ1n) is 6.68. The minimum absolute atomic E-state index is 0.285. The number of carboxylic acid groups (broad SMARTS) is 1. The van der Waals surface area contributed by atoms with Gasteiger partial charge < -0.3 is 10.2 Å². The quantitative estimate of drug-likeness (QED) is 0.842. The second-order valence-corrected chi connectivity index (χ2v) is 5.72. The molecule has 104 valence electrons. The van der Waals surface area contributed by atoms with E-state index < -0.39 is 11.6 Å². The molecule has 1 aliphatic heterocycles. The van der Waals surface area contributed by atoms with Gasteiger partial charge in [0.05, 0.1) is 11.5 Å². The van der Waals surface area contributed by atoms with Crippen LogP contribution < -0.4 is 0 Å². The predicted octanol–water partition coefficient (Wildman–Crippen LogP) is 1.39. The van der Waals surface area contributed by atoms with E-state index >= 15 is 0 Å². The van der Waals surface area contributed by atoms with Gasteiger partial charge in [0.1, 0.15) is 0 Å². The molecule has 1 saturated heterocycles. The summed E-state index contributed by atoms with van der Waals surface area (Å²) < 4.78 is 0. The average molecular weight is 263 g/mol. The fraction of sp³-hybridized carbons (Fsp3) is 0.533. The SMILES string of the molecule is CC(O)(Cc1ccccc1)CN1CCC(C(=O)O)C1. The number of nitrogens with zero attached hydrogens (tertiary/aromatic N) is 1. The van der Waals surface area contributed by atoms with Crippen LogP contribution in [0.1, 0.15) is 18.9 Å². The molecule has 1 aliphatic rings. The number of carboxylic acids is 1. The summed E-state index contributed by atoms with van der Waals surface area (Å²) >= 11 is 0. The van der Waals surface area contributed by atoms with E-state index in [1.54, 1.807) is 0 Å². The molecule has 0 spiro atoms. The zero-order valence-corrected chi connectivity index (χ0v) is 11.2. The first-order chi connectivity index (χ1) is 8.96. The maximum absolute atomic E-state index is 10.9. The van der Waals surface area contributed by atoms with E-state index in [0.717, 1.165) is 12.1 Å². The maximum Gasteiger partial charge on any atom is 0.307 e. The van der Waals surface area contributed by atoms with Crippen molar-refractivity contribution in [2.45, 2.75) is 25.4 Å². The van der Waals surface area contributed by atoms with Gasteiger partial charge in [0, 0.05) is 19.5 Å². The van der Waals surface area contributed by atoms with Crippen LogP contribution in [0.5, 0.6) is 0 Å². The zero-order valence-electron chi connectivity index (χ0n) is 11.2. The Morgan fingerprint density at radius 2 is 2.11 bits per heavy atom. The number of likely N-dealkylation sites (tertiary alicyclic amines) is 1. The molecule has 0 radical (unpaired) electrons. The number of hydrogen-bond acceptors (Lipinski definition) is 3. The van der Waals surface area contributed by atoms with Crippen molar-refractivity contribution in [2.75, 3.05) is 19.6 Å². The first kappa shape index (κ1) is 14.0. The van der Waals surface area contributed by atoms with Crippen molar-refractivity contribution in [2.24, 2.45) is 5.92 Å². The van der Waals surface area contributed by atoms with E-state index in [4.69, 9.17) is 5.11 Å². The fourth-order valence-electron chi connectivity index (χ4n) is 2.75. The molecule has 1 heterocycles. The van der Waals surface area contributed by atoms with Crippen molar-refractivity contribution in [3.63, 3.8) is 0 Å². The van der Waals surface area contributed by atoms with Gasteiger partial charge in [0.15, 0.2) is 0 Å². The van der Waals surface area contributed by atoms with Crippen LogP contribution in [0.3, 0.4) is 0 Å². The number of carbonyl (C=O) groups is 1. The molecule has 1 aromatic carbocycles. The topological polar surface area (TPSA) is 60.8 Å². The van der Waals surface area contributed by atoms with Gasteiger partial charge >= 0.3 is 5.97 Å². The van der Waals surface area contributed by atoms with Crippen LogP contribution in [0.2, 0.25) is 0 Å². The van der Waals surface area contributed by atoms with E-state index in [2.05, 4.69) is 0 Å². The van der Waals surface area contributed by atoms with Gasteiger partial charge in [-0.1, -0.05) is 30.3 Å². The second kappa shape index (κ2) is 5.72. The number of β-amino-alcohol motifs (C(OH)–C–C–N with tert-alkyl or cyclic N) is 1. The summed E-state index contributed by atoms with van der Waals surface area (Å²) in [6.45, 7) is 3.63. The number of hydrogen-bond donors (Lipinski definition) is 2. The largest absolute Gasteiger partial charge is 0.481 e. The molecule has 0 aliphatic carbocycles. The molecular formula is C15H21NO3. The molecular weight excluding hydrogens is 242 g/mol. The molecule has 4 heteroatoms. The Morgan fingerprint density at radius 3 is 2.68 bits per heavy atom. The summed E-state index contributed by atoms with van der Waals surface area (Å²) in [7, 11) is 0. The highest BCUT2D eigenvalue weighted by Gasteiger charge is 2.32. The molecule has 2 atom stereocenters. The smallest absolute Gasteiger partial charge is 0.307 e. The van der Waals surface area contributed by atoms with E-state index in [0.29, 0.717) is 25.9 Å². The Kier molecular flexibility index (Phi) is 4.22. The predicted molar refractivity (Wildman–Crippen MR) is 73.0 cm³/mol. The Balaban J connectivity index is 1.89. The Hall–Kier alpha value is -1.39. The summed E-state index contributed by atoms with van der Waals surface area (Å²) in [5, 5.41) is 19.4. The molecule has 0 saturated carbocycles. The second-order valence-electron chi connectivity index (χ2n) is 5.72. The van der Waals surface area contributed by atoms with Crippen LogP contribution in [0, 0.1) is 5.92 Å². The number of aliphatic carboxylic acids is 1. The van der Waals surface area contributed by atoms with Crippen molar-refractivity contribution < 1.29 is 15.0 Å². The summed E-state index contributed by atoms with van der Waals surface area (Å²) in [6.07, 6.45) is 1.26.